The zero-order chi connectivity index (χ0) is 19.7. The third-order valence-electron chi connectivity index (χ3n) is 5.36. The molecule has 144 valence electrons. The number of nitrogens with one attached hydrogen (secondary N) is 1. The smallest absolute Gasteiger partial charge is 0.369 e. The molecule has 0 saturated carbocycles. The van der Waals surface area contributed by atoms with E-state index in [9.17, 15) is 22.8 Å². The summed E-state index contributed by atoms with van der Waals surface area (Å²) >= 11 is 0. The number of carbonyl (C=O) groups is 2. The van der Waals surface area contributed by atoms with E-state index in [1.165, 1.54) is 4.90 Å². The highest BCUT2D eigenvalue weighted by Gasteiger charge is 2.52. The highest BCUT2D eigenvalue weighted by molar-refractivity contribution is 5.88. The van der Waals surface area contributed by atoms with Crippen LogP contribution in [0.15, 0.2) is 24.3 Å². The molecule has 2 saturated heterocycles. The van der Waals surface area contributed by atoms with E-state index in [-0.39, 0.29) is 12.0 Å². The van der Waals surface area contributed by atoms with E-state index in [4.69, 9.17) is 6.42 Å². The number of nitrogens with zero attached hydrogens (tertiary/aromatic N) is 1. The molecule has 3 rings (SSSR count). The zero-order valence-electron chi connectivity index (χ0n) is 14.5. The summed E-state index contributed by atoms with van der Waals surface area (Å²) in [6.45, 7) is 1.71. The van der Waals surface area contributed by atoms with E-state index in [0.717, 1.165) is 31.5 Å². The minimum absolute atomic E-state index is 0.217. The summed E-state index contributed by atoms with van der Waals surface area (Å²) in [6, 6.07) is 6.55. The molecule has 2 aliphatic heterocycles. The minimum atomic E-state index is -5.22. The van der Waals surface area contributed by atoms with Crippen molar-refractivity contribution in [2.45, 2.75) is 31.5 Å². The molecule has 5 nitrogen and oxygen atoms in total. The van der Waals surface area contributed by atoms with Gasteiger partial charge in [-0.15, -0.1) is 6.42 Å². The molecule has 8 heteroatoms. The normalized spacial score (nSPS) is 21.7. The van der Waals surface area contributed by atoms with Gasteiger partial charge in [0.05, 0.1) is 6.04 Å². The lowest BCUT2D eigenvalue weighted by molar-refractivity contribution is -0.194. The summed E-state index contributed by atoms with van der Waals surface area (Å²) in [4.78, 5) is 24.7. The van der Waals surface area contributed by atoms with Gasteiger partial charge in [-0.3, -0.25) is 0 Å². The molecule has 1 aromatic carbocycles. The Balaban J connectivity index is 1.94. The summed E-state index contributed by atoms with van der Waals surface area (Å²) < 4.78 is 41.6. The fourth-order valence-corrected chi connectivity index (χ4v) is 4.11. The van der Waals surface area contributed by atoms with Gasteiger partial charge in [-0.25, -0.2) is 9.59 Å². The van der Waals surface area contributed by atoms with Crippen LogP contribution >= 0.6 is 0 Å². The lowest BCUT2D eigenvalue weighted by Crippen LogP contribution is -2.43. The predicted octanol–water partition coefficient (Wildman–Crippen LogP) is 3.01. The lowest BCUT2D eigenvalue weighted by Gasteiger charge is -2.41. The van der Waals surface area contributed by atoms with Crippen molar-refractivity contribution in [3.05, 3.63) is 35.4 Å². The van der Waals surface area contributed by atoms with Crippen molar-refractivity contribution < 1.29 is 27.5 Å². The van der Waals surface area contributed by atoms with Crippen molar-refractivity contribution in [1.82, 2.24) is 10.2 Å². The van der Waals surface area contributed by atoms with Crippen molar-refractivity contribution in [2.24, 2.45) is 5.41 Å². The van der Waals surface area contributed by atoms with E-state index in [0.29, 0.717) is 12.0 Å². The van der Waals surface area contributed by atoms with Crippen LogP contribution in [-0.2, 0) is 9.53 Å². The van der Waals surface area contributed by atoms with Gasteiger partial charge in [0.1, 0.15) is 0 Å². The second-order valence-corrected chi connectivity index (χ2v) is 6.88. The summed E-state index contributed by atoms with van der Waals surface area (Å²) in [6.07, 6.45) is 1.10. The zero-order valence-corrected chi connectivity index (χ0v) is 14.5. The molecule has 1 spiro atoms. The molecule has 2 heterocycles. The first-order valence-corrected chi connectivity index (χ1v) is 8.64. The number of piperidine rings is 1. The first kappa shape index (κ1) is 19.2. The Kier molecular flexibility index (Phi) is 5.16. The van der Waals surface area contributed by atoms with E-state index in [2.05, 4.69) is 16.0 Å². The molecule has 2 aliphatic rings. The number of ether oxygens (including phenoxy) is 1. The predicted molar refractivity (Wildman–Crippen MR) is 90.5 cm³/mol. The Morgan fingerprint density at radius 1 is 1.26 bits per heavy atom. The molecular formula is C19H19F3N2O3. The molecule has 0 bridgehead atoms. The second-order valence-electron chi connectivity index (χ2n) is 6.88. The number of hydrogen-bond donors (Lipinski definition) is 1. The fraction of sp³-hybridized carbons (Fsp3) is 0.474. The lowest BCUT2D eigenvalue weighted by atomic mass is 9.70. The SMILES string of the molecule is C#Cc1cccc(C2N(C(=O)OC(=O)C(F)(F)F)CCC23CCNCC3)c1. The highest BCUT2D eigenvalue weighted by Crippen LogP contribution is 2.52. The Morgan fingerprint density at radius 2 is 1.96 bits per heavy atom. The number of amides is 1. The molecule has 0 aromatic heterocycles. The molecule has 0 radical (unpaired) electrons. The average Bonchev–Trinajstić information content (AvgIpc) is 3.00. The van der Waals surface area contributed by atoms with Crippen LogP contribution < -0.4 is 5.32 Å². The number of carbonyl (C=O) groups excluding carboxylic acids is 2. The summed E-state index contributed by atoms with van der Waals surface area (Å²) in [7, 11) is 0. The third-order valence-corrected chi connectivity index (χ3v) is 5.36. The van der Waals surface area contributed by atoms with Crippen LogP contribution in [-0.4, -0.2) is 42.8 Å². The number of benzene rings is 1. The maximum atomic E-state index is 12.5. The van der Waals surface area contributed by atoms with Crippen molar-refractivity contribution in [2.75, 3.05) is 19.6 Å². The van der Waals surface area contributed by atoms with Crippen LogP contribution in [0.1, 0.15) is 36.4 Å². The standard InChI is InChI=1S/C19H19F3N2O3/c1-2-13-4-3-5-14(12-13)15-18(6-9-23-10-7-18)8-11-24(15)17(26)27-16(25)19(20,21)22/h1,3-5,12,15,23H,6-11H2. The molecule has 2 fully saturated rings. The van der Waals surface area contributed by atoms with Crippen molar-refractivity contribution >= 4 is 12.1 Å². The van der Waals surface area contributed by atoms with Crippen LogP contribution in [0.3, 0.4) is 0 Å². The van der Waals surface area contributed by atoms with Crippen LogP contribution in [0.5, 0.6) is 0 Å². The van der Waals surface area contributed by atoms with Gasteiger partial charge in [0.15, 0.2) is 0 Å². The molecule has 0 aliphatic carbocycles. The second kappa shape index (κ2) is 7.24. The molecule has 1 aromatic rings. The Hall–Kier alpha value is -2.53. The van der Waals surface area contributed by atoms with Gasteiger partial charge < -0.3 is 15.0 Å². The number of terminal acetylenes is 1. The van der Waals surface area contributed by atoms with Crippen LogP contribution in [0, 0.1) is 17.8 Å². The molecule has 27 heavy (non-hydrogen) atoms. The number of rotatable bonds is 1. The molecule has 1 atom stereocenters. The van der Waals surface area contributed by atoms with Crippen molar-refractivity contribution in [1.29, 1.82) is 0 Å². The molecule has 1 unspecified atom stereocenters. The van der Waals surface area contributed by atoms with Gasteiger partial charge in [-0.05, 0) is 55.5 Å². The van der Waals surface area contributed by atoms with E-state index < -0.39 is 24.3 Å². The fourth-order valence-electron chi connectivity index (χ4n) is 4.11. The monoisotopic (exact) mass is 380 g/mol. The van der Waals surface area contributed by atoms with E-state index >= 15 is 0 Å². The van der Waals surface area contributed by atoms with Gasteiger partial charge in [-0.2, -0.15) is 13.2 Å². The molecule has 1 amide bonds. The van der Waals surface area contributed by atoms with Crippen LogP contribution in [0.4, 0.5) is 18.0 Å². The number of esters is 1. The van der Waals surface area contributed by atoms with Gasteiger partial charge >= 0.3 is 18.2 Å². The summed E-state index contributed by atoms with van der Waals surface area (Å²) in [5.74, 6) is 0.0237. The summed E-state index contributed by atoms with van der Waals surface area (Å²) in [5, 5.41) is 3.26. The van der Waals surface area contributed by atoms with Crippen LogP contribution in [0.25, 0.3) is 0 Å². The van der Waals surface area contributed by atoms with Gasteiger partial charge in [0.2, 0.25) is 0 Å². The maximum absolute atomic E-state index is 12.5. The van der Waals surface area contributed by atoms with Gasteiger partial charge in [0.25, 0.3) is 0 Å². The number of halogens is 3. The average molecular weight is 380 g/mol. The Labute approximate surface area is 154 Å². The minimum Gasteiger partial charge on any atom is -0.369 e. The van der Waals surface area contributed by atoms with E-state index in [1.54, 1.807) is 24.3 Å². The maximum Gasteiger partial charge on any atom is 0.491 e. The number of likely N-dealkylation sites (tertiary alicyclic amines) is 1. The Bertz CT molecular complexity index is 779. The van der Waals surface area contributed by atoms with Crippen LogP contribution in [0.2, 0.25) is 0 Å². The number of hydrogen-bond acceptors (Lipinski definition) is 4. The third kappa shape index (κ3) is 3.78. The highest BCUT2D eigenvalue weighted by atomic mass is 19.4. The first-order chi connectivity index (χ1) is 12.8. The Morgan fingerprint density at radius 3 is 2.59 bits per heavy atom. The topological polar surface area (TPSA) is 58.6 Å². The largest absolute Gasteiger partial charge is 0.491 e. The quantitative estimate of drug-likeness (QED) is 0.462. The van der Waals surface area contributed by atoms with Crippen molar-refractivity contribution in [3.63, 3.8) is 0 Å². The number of alkyl halides is 3. The van der Waals surface area contributed by atoms with E-state index in [1.807, 2.05) is 0 Å². The van der Waals surface area contributed by atoms with Gasteiger partial charge in [0, 0.05) is 12.1 Å². The molecular weight excluding hydrogens is 361 g/mol. The van der Waals surface area contributed by atoms with Crippen molar-refractivity contribution in [3.8, 4) is 12.3 Å². The molecule has 1 N–H and O–H groups in total. The first-order valence-electron chi connectivity index (χ1n) is 8.64. The summed E-state index contributed by atoms with van der Waals surface area (Å²) in [5.41, 5.74) is 1.06. The van der Waals surface area contributed by atoms with Gasteiger partial charge in [-0.1, -0.05) is 18.1 Å².